The number of amides is 1. The topological polar surface area (TPSA) is 57.6 Å². The second kappa shape index (κ2) is 5.27. The lowest BCUT2D eigenvalue weighted by Gasteiger charge is -2.31. The summed E-state index contributed by atoms with van der Waals surface area (Å²) in [4.78, 5) is 25.1. The maximum absolute atomic E-state index is 12.4. The van der Waals surface area contributed by atoms with Gasteiger partial charge in [-0.1, -0.05) is 19.1 Å². The molecule has 0 bridgehead atoms. The molecule has 1 fully saturated rings. The van der Waals surface area contributed by atoms with E-state index in [9.17, 15) is 9.59 Å². The molecule has 1 aromatic rings. The minimum absolute atomic E-state index is 0.0858. The van der Waals surface area contributed by atoms with E-state index < -0.39 is 5.97 Å². The van der Waals surface area contributed by atoms with Gasteiger partial charge in [0.25, 0.3) is 0 Å². The lowest BCUT2D eigenvalue weighted by atomic mass is 9.97. The number of carboxylic acid groups (broad SMARTS) is 1. The fourth-order valence-corrected chi connectivity index (χ4v) is 3.06. The molecule has 1 aliphatic heterocycles. The predicted octanol–water partition coefficient (Wildman–Crippen LogP) is 2.57. The number of carbonyl (C=O) groups is 2. The van der Waals surface area contributed by atoms with Crippen molar-refractivity contribution >= 4 is 11.9 Å². The maximum atomic E-state index is 12.4. The monoisotopic (exact) mass is 275 g/mol. The smallest absolute Gasteiger partial charge is 0.335 e. The van der Waals surface area contributed by atoms with Gasteiger partial charge >= 0.3 is 5.97 Å². The first-order valence-corrected chi connectivity index (χ1v) is 6.92. The van der Waals surface area contributed by atoms with Crippen LogP contribution in [0.3, 0.4) is 0 Å². The molecule has 108 valence electrons. The molecule has 0 radical (unpaired) electrons. The number of benzene rings is 1. The molecule has 20 heavy (non-hydrogen) atoms. The number of likely N-dealkylation sites (tertiary alicyclic amines) is 1. The van der Waals surface area contributed by atoms with Crippen LogP contribution in [0.2, 0.25) is 0 Å². The molecule has 0 spiro atoms. The summed E-state index contributed by atoms with van der Waals surface area (Å²) in [6, 6.07) is 6.52. The van der Waals surface area contributed by atoms with Crippen LogP contribution < -0.4 is 0 Å². The second-order valence-corrected chi connectivity index (χ2v) is 6.30. The number of carbonyl (C=O) groups excluding carboxylic acids is 1. The number of aromatic carboxylic acids is 1. The Hall–Kier alpha value is -1.84. The zero-order valence-electron chi connectivity index (χ0n) is 12.2. The van der Waals surface area contributed by atoms with Crippen molar-refractivity contribution in [2.24, 2.45) is 5.92 Å². The van der Waals surface area contributed by atoms with Crippen molar-refractivity contribution in [2.45, 2.75) is 39.2 Å². The lowest BCUT2D eigenvalue weighted by Crippen LogP contribution is -2.43. The van der Waals surface area contributed by atoms with E-state index in [1.165, 1.54) is 0 Å². The van der Waals surface area contributed by atoms with Crippen LogP contribution in [0.25, 0.3) is 0 Å². The molecule has 1 unspecified atom stereocenters. The molecule has 1 aliphatic rings. The van der Waals surface area contributed by atoms with Crippen molar-refractivity contribution in [2.75, 3.05) is 6.54 Å². The Morgan fingerprint density at radius 3 is 2.35 bits per heavy atom. The summed E-state index contributed by atoms with van der Waals surface area (Å²) < 4.78 is 0. The molecule has 4 nitrogen and oxygen atoms in total. The highest BCUT2D eigenvalue weighted by Crippen LogP contribution is 2.32. The Morgan fingerprint density at radius 1 is 1.30 bits per heavy atom. The van der Waals surface area contributed by atoms with Crippen LogP contribution in [0.4, 0.5) is 0 Å². The van der Waals surface area contributed by atoms with E-state index in [2.05, 4.69) is 20.8 Å². The van der Waals surface area contributed by atoms with Crippen molar-refractivity contribution in [1.82, 2.24) is 4.90 Å². The molecule has 0 aliphatic carbocycles. The quantitative estimate of drug-likeness (QED) is 0.922. The molecule has 4 heteroatoms. The normalized spacial score (nSPS) is 20.9. The summed E-state index contributed by atoms with van der Waals surface area (Å²) in [6.07, 6.45) is 1.35. The van der Waals surface area contributed by atoms with Crippen LogP contribution in [-0.4, -0.2) is 34.0 Å². The van der Waals surface area contributed by atoms with Crippen LogP contribution in [-0.2, 0) is 11.2 Å². The van der Waals surface area contributed by atoms with Gasteiger partial charge in [-0.2, -0.15) is 0 Å². The Kier molecular flexibility index (Phi) is 3.84. The van der Waals surface area contributed by atoms with E-state index in [4.69, 9.17) is 5.11 Å². The molecule has 1 saturated heterocycles. The molecular weight excluding hydrogens is 254 g/mol. The molecule has 1 amide bonds. The summed E-state index contributed by atoms with van der Waals surface area (Å²) in [5.74, 6) is -0.303. The number of nitrogens with zero attached hydrogens (tertiary/aromatic N) is 1. The van der Waals surface area contributed by atoms with E-state index >= 15 is 0 Å². The third-order valence-corrected chi connectivity index (χ3v) is 3.93. The van der Waals surface area contributed by atoms with Crippen LogP contribution in [0.15, 0.2) is 24.3 Å². The van der Waals surface area contributed by atoms with Gasteiger partial charge in [-0.05, 0) is 43.9 Å². The molecule has 1 heterocycles. The molecule has 0 saturated carbocycles. The zero-order valence-corrected chi connectivity index (χ0v) is 12.2. The van der Waals surface area contributed by atoms with Gasteiger partial charge in [0, 0.05) is 12.1 Å². The molecule has 2 rings (SSSR count). The minimum atomic E-state index is -0.947. The van der Waals surface area contributed by atoms with Crippen LogP contribution in [0, 0.1) is 5.92 Å². The first-order chi connectivity index (χ1) is 9.29. The molecule has 1 aromatic carbocycles. The third kappa shape index (κ3) is 3.00. The van der Waals surface area contributed by atoms with E-state index in [1.54, 1.807) is 24.3 Å². The SMILES string of the molecule is CC1CN(C(=O)Cc2ccc(C(=O)O)cc2)C(C)(C)C1. The second-order valence-electron chi connectivity index (χ2n) is 6.30. The summed E-state index contributed by atoms with van der Waals surface area (Å²) in [5, 5.41) is 8.85. The molecular formula is C16H21NO3. The first kappa shape index (κ1) is 14.6. The van der Waals surface area contributed by atoms with Gasteiger partial charge in [0.1, 0.15) is 0 Å². The number of hydrogen-bond donors (Lipinski definition) is 1. The van der Waals surface area contributed by atoms with Crippen molar-refractivity contribution in [3.8, 4) is 0 Å². The van der Waals surface area contributed by atoms with Gasteiger partial charge in [-0.3, -0.25) is 4.79 Å². The van der Waals surface area contributed by atoms with Gasteiger partial charge in [0.15, 0.2) is 0 Å². The summed E-state index contributed by atoms with van der Waals surface area (Å²) in [6.45, 7) is 7.17. The highest BCUT2D eigenvalue weighted by molar-refractivity contribution is 5.87. The van der Waals surface area contributed by atoms with Crippen LogP contribution in [0.1, 0.15) is 43.1 Å². The van der Waals surface area contributed by atoms with Gasteiger partial charge in [0.2, 0.25) is 5.91 Å². The molecule has 1 atom stereocenters. The van der Waals surface area contributed by atoms with E-state index in [0.717, 1.165) is 18.5 Å². The fraction of sp³-hybridized carbons (Fsp3) is 0.500. The zero-order chi connectivity index (χ0) is 14.9. The largest absolute Gasteiger partial charge is 0.478 e. The van der Waals surface area contributed by atoms with Gasteiger partial charge in [-0.25, -0.2) is 4.79 Å². The van der Waals surface area contributed by atoms with E-state index in [-0.39, 0.29) is 17.0 Å². The average Bonchev–Trinajstić information content (AvgIpc) is 2.63. The Morgan fingerprint density at radius 2 is 1.90 bits per heavy atom. The van der Waals surface area contributed by atoms with Gasteiger partial charge in [-0.15, -0.1) is 0 Å². The van der Waals surface area contributed by atoms with E-state index in [1.807, 2.05) is 4.90 Å². The molecule has 1 N–H and O–H groups in total. The van der Waals surface area contributed by atoms with Crippen molar-refractivity contribution in [3.63, 3.8) is 0 Å². The number of carboxylic acids is 1. The fourth-order valence-electron chi connectivity index (χ4n) is 3.06. The highest BCUT2D eigenvalue weighted by Gasteiger charge is 2.38. The number of rotatable bonds is 3. The maximum Gasteiger partial charge on any atom is 0.335 e. The summed E-state index contributed by atoms with van der Waals surface area (Å²) in [7, 11) is 0. The number of hydrogen-bond acceptors (Lipinski definition) is 2. The Labute approximate surface area is 119 Å². The van der Waals surface area contributed by atoms with E-state index in [0.29, 0.717) is 12.3 Å². The van der Waals surface area contributed by atoms with Crippen LogP contribution >= 0.6 is 0 Å². The van der Waals surface area contributed by atoms with Crippen molar-refractivity contribution < 1.29 is 14.7 Å². The molecule has 0 aromatic heterocycles. The Bertz CT molecular complexity index is 519. The summed E-state index contributed by atoms with van der Waals surface area (Å²) in [5.41, 5.74) is 1.02. The Balaban J connectivity index is 2.06. The minimum Gasteiger partial charge on any atom is -0.478 e. The van der Waals surface area contributed by atoms with Crippen LogP contribution in [0.5, 0.6) is 0 Å². The third-order valence-electron chi connectivity index (χ3n) is 3.93. The standard InChI is InChI=1S/C16H21NO3/c1-11-9-16(2,3)17(10-11)14(18)8-12-4-6-13(7-5-12)15(19)20/h4-7,11H,8-10H2,1-3H3,(H,19,20). The van der Waals surface area contributed by atoms with Gasteiger partial charge in [0.05, 0.1) is 12.0 Å². The predicted molar refractivity (Wildman–Crippen MR) is 76.7 cm³/mol. The van der Waals surface area contributed by atoms with Gasteiger partial charge < -0.3 is 10.0 Å². The lowest BCUT2D eigenvalue weighted by molar-refractivity contribution is -0.133. The summed E-state index contributed by atoms with van der Waals surface area (Å²) >= 11 is 0. The van der Waals surface area contributed by atoms with Crippen molar-refractivity contribution in [3.05, 3.63) is 35.4 Å². The average molecular weight is 275 g/mol. The highest BCUT2D eigenvalue weighted by atomic mass is 16.4. The van der Waals surface area contributed by atoms with Crippen molar-refractivity contribution in [1.29, 1.82) is 0 Å². The first-order valence-electron chi connectivity index (χ1n) is 6.92.